The summed E-state index contributed by atoms with van der Waals surface area (Å²) in [7, 11) is 0. The lowest BCUT2D eigenvalue weighted by Gasteiger charge is -2.26. The van der Waals surface area contributed by atoms with Gasteiger partial charge in [0.2, 0.25) is 0 Å². The summed E-state index contributed by atoms with van der Waals surface area (Å²) in [6.07, 6.45) is 3.86. The molecule has 18 heavy (non-hydrogen) atoms. The zero-order valence-corrected chi connectivity index (χ0v) is 12.0. The highest BCUT2D eigenvalue weighted by Crippen LogP contribution is 2.27. The predicted octanol–water partition coefficient (Wildman–Crippen LogP) is 1.40. The summed E-state index contributed by atoms with van der Waals surface area (Å²) in [4.78, 5) is 2.14. The van der Waals surface area contributed by atoms with E-state index < -0.39 is 0 Å². The third-order valence-electron chi connectivity index (χ3n) is 3.58. The lowest BCUT2D eigenvalue weighted by molar-refractivity contribution is 0.0627. The van der Waals surface area contributed by atoms with E-state index in [1.165, 1.54) is 0 Å². The Labute approximate surface area is 111 Å². The molecule has 0 amide bonds. The summed E-state index contributed by atoms with van der Waals surface area (Å²) < 4.78 is 5.61. The van der Waals surface area contributed by atoms with Gasteiger partial charge in [-0.15, -0.1) is 0 Å². The maximum absolute atomic E-state index is 9.75. The standard InChI is InChI=1S/C14H29NO3/c1-4-7-13-14(18-13)10-15(8-11(16)5-2)9-12(17)6-3/h11-14,16-17H,4-10H2,1-3H3. The summed E-state index contributed by atoms with van der Waals surface area (Å²) in [5.74, 6) is 0. The van der Waals surface area contributed by atoms with Crippen LogP contribution in [0.15, 0.2) is 0 Å². The number of aliphatic hydroxyl groups is 2. The molecule has 1 saturated heterocycles. The molecule has 0 aromatic carbocycles. The van der Waals surface area contributed by atoms with Crippen LogP contribution in [0.4, 0.5) is 0 Å². The molecule has 2 N–H and O–H groups in total. The zero-order valence-electron chi connectivity index (χ0n) is 12.0. The van der Waals surface area contributed by atoms with Crippen molar-refractivity contribution >= 4 is 0 Å². The van der Waals surface area contributed by atoms with Crippen molar-refractivity contribution in [3.05, 3.63) is 0 Å². The first-order chi connectivity index (χ1) is 8.60. The fraction of sp³-hybridized carbons (Fsp3) is 1.00. The van der Waals surface area contributed by atoms with E-state index >= 15 is 0 Å². The Morgan fingerprint density at radius 1 is 1.00 bits per heavy atom. The van der Waals surface area contributed by atoms with Gasteiger partial charge in [0.1, 0.15) is 0 Å². The number of rotatable bonds is 10. The van der Waals surface area contributed by atoms with Crippen molar-refractivity contribution in [2.24, 2.45) is 0 Å². The van der Waals surface area contributed by atoms with Crippen LogP contribution >= 0.6 is 0 Å². The average molecular weight is 259 g/mol. The van der Waals surface area contributed by atoms with Crippen LogP contribution in [0.5, 0.6) is 0 Å². The molecule has 0 saturated carbocycles. The minimum atomic E-state index is -0.308. The first kappa shape index (κ1) is 15.9. The molecule has 4 nitrogen and oxygen atoms in total. The molecule has 4 atom stereocenters. The highest BCUT2D eigenvalue weighted by Gasteiger charge is 2.39. The lowest BCUT2D eigenvalue weighted by Crippen LogP contribution is -2.40. The normalized spacial score (nSPS) is 26.3. The molecule has 0 radical (unpaired) electrons. The molecule has 1 rings (SSSR count). The largest absolute Gasteiger partial charge is 0.392 e. The van der Waals surface area contributed by atoms with Gasteiger partial charge in [-0.25, -0.2) is 0 Å². The molecular weight excluding hydrogens is 230 g/mol. The van der Waals surface area contributed by atoms with Crippen LogP contribution in [-0.2, 0) is 4.74 Å². The summed E-state index contributed by atoms with van der Waals surface area (Å²) in [5, 5.41) is 19.5. The molecule has 1 heterocycles. The second-order valence-electron chi connectivity index (χ2n) is 5.34. The second-order valence-corrected chi connectivity index (χ2v) is 5.34. The number of hydrogen-bond donors (Lipinski definition) is 2. The first-order valence-electron chi connectivity index (χ1n) is 7.34. The van der Waals surface area contributed by atoms with Gasteiger partial charge in [0, 0.05) is 19.6 Å². The maximum atomic E-state index is 9.75. The lowest BCUT2D eigenvalue weighted by atomic mass is 10.1. The Bertz CT molecular complexity index is 213. The third-order valence-corrected chi connectivity index (χ3v) is 3.58. The van der Waals surface area contributed by atoms with Crippen molar-refractivity contribution < 1.29 is 14.9 Å². The highest BCUT2D eigenvalue weighted by molar-refractivity contribution is 4.88. The van der Waals surface area contributed by atoms with Crippen molar-refractivity contribution in [2.45, 2.75) is 70.9 Å². The van der Waals surface area contributed by atoms with Gasteiger partial charge in [-0.05, 0) is 19.3 Å². The van der Waals surface area contributed by atoms with E-state index in [0.29, 0.717) is 25.3 Å². The molecule has 0 aromatic heterocycles. The van der Waals surface area contributed by atoms with E-state index in [2.05, 4.69) is 11.8 Å². The number of hydrogen-bond acceptors (Lipinski definition) is 4. The Kier molecular flexibility index (Phi) is 7.15. The smallest absolute Gasteiger partial charge is 0.0968 e. The monoisotopic (exact) mass is 259 g/mol. The van der Waals surface area contributed by atoms with Gasteiger partial charge < -0.3 is 14.9 Å². The quantitative estimate of drug-likeness (QED) is 0.582. The van der Waals surface area contributed by atoms with E-state index in [-0.39, 0.29) is 12.2 Å². The van der Waals surface area contributed by atoms with Crippen molar-refractivity contribution in [1.29, 1.82) is 0 Å². The van der Waals surface area contributed by atoms with Crippen molar-refractivity contribution in [3.8, 4) is 0 Å². The molecule has 0 spiro atoms. The Hall–Kier alpha value is -0.160. The van der Waals surface area contributed by atoms with Crippen LogP contribution in [0.1, 0.15) is 46.5 Å². The number of aliphatic hydroxyl groups excluding tert-OH is 2. The topological polar surface area (TPSA) is 56.2 Å². The van der Waals surface area contributed by atoms with Gasteiger partial charge in [-0.2, -0.15) is 0 Å². The van der Waals surface area contributed by atoms with E-state index in [0.717, 1.165) is 32.2 Å². The second kappa shape index (κ2) is 8.10. The first-order valence-corrected chi connectivity index (χ1v) is 7.34. The maximum Gasteiger partial charge on any atom is 0.0968 e. The minimum absolute atomic E-state index is 0.304. The molecule has 108 valence electrons. The fourth-order valence-electron chi connectivity index (χ4n) is 2.21. The van der Waals surface area contributed by atoms with Gasteiger partial charge in [0.05, 0.1) is 24.4 Å². The Balaban J connectivity index is 2.35. The van der Waals surface area contributed by atoms with Gasteiger partial charge in [0.25, 0.3) is 0 Å². The van der Waals surface area contributed by atoms with Crippen LogP contribution in [0.2, 0.25) is 0 Å². The number of epoxide rings is 1. The Morgan fingerprint density at radius 2 is 1.56 bits per heavy atom. The van der Waals surface area contributed by atoms with Gasteiger partial charge in [-0.1, -0.05) is 27.2 Å². The minimum Gasteiger partial charge on any atom is -0.392 e. The van der Waals surface area contributed by atoms with Crippen LogP contribution in [0.3, 0.4) is 0 Å². The van der Waals surface area contributed by atoms with Gasteiger partial charge in [0.15, 0.2) is 0 Å². The van der Waals surface area contributed by atoms with Crippen LogP contribution < -0.4 is 0 Å². The summed E-state index contributed by atoms with van der Waals surface area (Å²) >= 11 is 0. The summed E-state index contributed by atoms with van der Waals surface area (Å²) in [6.45, 7) is 8.22. The molecule has 1 aliphatic rings. The van der Waals surface area contributed by atoms with Crippen LogP contribution in [0, 0.1) is 0 Å². The van der Waals surface area contributed by atoms with Crippen LogP contribution in [0.25, 0.3) is 0 Å². The van der Waals surface area contributed by atoms with E-state index in [1.54, 1.807) is 0 Å². The molecule has 4 unspecified atom stereocenters. The van der Waals surface area contributed by atoms with Gasteiger partial charge >= 0.3 is 0 Å². The molecule has 4 heteroatoms. The van der Waals surface area contributed by atoms with Gasteiger partial charge in [-0.3, -0.25) is 4.90 Å². The SMILES string of the molecule is CCCC1OC1CN(CC(O)CC)CC(O)CC. The van der Waals surface area contributed by atoms with E-state index in [9.17, 15) is 10.2 Å². The molecule has 0 bridgehead atoms. The van der Waals surface area contributed by atoms with E-state index in [1.807, 2.05) is 13.8 Å². The van der Waals surface area contributed by atoms with E-state index in [4.69, 9.17) is 4.74 Å². The highest BCUT2D eigenvalue weighted by atomic mass is 16.6. The van der Waals surface area contributed by atoms with Crippen molar-refractivity contribution in [2.75, 3.05) is 19.6 Å². The zero-order chi connectivity index (χ0) is 13.5. The molecule has 0 aliphatic carbocycles. The third kappa shape index (κ3) is 5.65. The fourth-order valence-corrected chi connectivity index (χ4v) is 2.21. The molecular formula is C14H29NO3. The summed E-state index contributed by atoms with van der Waals surface area (Å²) in [6, 6.07) is 0. The number of ether oxygens (including phenoxy) is 1. The van der Waals surface area contributed by atoms with Crippen LogP contribution in [-0.4, -0.2) is 59.2 Å². The predicted molar refractivity (Wildman–Crippen MR) is 72.6 cm³/mol. The average Bonchev–Trinajstić information content (AvgIpc) is 3.07. The van der Waals surface area contributed by atoms with Crippen molar-refractivity contribution in [3.63, 3.8) is 0 Å². The van der Waals surface area contributed by atoms with Crippen molar-refractivity contribution in [1.82, 2.24) is 4.90 Å². The Morgan fingerprint density at radius 3 is 2.00 bits per heavy atom. The summed E-state index contributed by atoms with van der Waals surface area (Å²) in [5.41, 5.74) is 0. The molecule has 1 aliphatic heterocycles. The number of nitrogens with zero attached hydrogens (tertiary/aromatic N) is 1. The molecule has 0 aromatic rings. The molecule has 1 fully saturated rings.